The molecule has 6 heteroatoms. The van der Waals surface area contributed by atoms with Crippen molar-refractivity contribution in [3.05, 3.63) is 10.4 Å². The van der Waals surface area contributed by atoms with Crippen LogP contribution in [0.15, 0.2) is 5.11 Å². The Kier molecular flexibility index (Phi) is 3.40. The predicted molar refractivity (Wildman–Crippen MR) is 46.1 cm³/mol. The van der Waals surface area contributed by atoms with E-state index in [1.165, 1.54) is 4.90 Å². The third-order valence-corrected chi connectivity index (χ3v) is 1.98. The van der Waals surface area contributed by atoms with Crippen molar-refractivity contribution in [3.8, 4) is 0 Å². The Labute approximate surface area is 76.1 Å². The molecule has 0 aliphatic carbocycles. The number of carbonyl (C=O) groups excluding carboxylic acids is 1. The summed E-state index contributed by atoms with van der Waals surface area (Å²) in [5, 5.41) is 3.39. The second-order valence-corrected chi connectivity index (χ2v) is 2.96. The number of amides is 1. The van der Waals surface area contributed by atoms with E-state index in [1.807, 2.05) is 0 Å². The Morgan fingerprint density at radius 3 is 3.23 bits per heavy atom. The fourth-order valence-electron chi connectivity index (χ4n) is 1.17. The van der Waals surface area contributed by atoms with Gasteiger partial charge in [0.1, 0.15) is 6.10 Å². The number of azide groups is 1. The van der Waals surface area contributed by atoms with Crippen LogP contribution in [0.25, 0.3) is 10.4 Å². The Hall–Kier alpha value is -1.42. The number of ether oxygens (including phenoxy) is 1. The van der Waals surface area contributed by atoms with E-state index in [9.17, 15) is 4.79 Å². The van der Waals surface area contributed by atoms with Gasteiger partial charge in [0.25, 0.3) is 0 Å². The summed E-state index contributed by atoms with van der Waals surface area (Å²) in [6.45, 7) is 1.10. The van der Waals surface area contributed by atoms with Crippen molar-refractivity contribution in [2.24, 2.45) is 5.11 Å². The normalized spacial score (nSPS) is 22.1. The first kappa shape index (κ1) is 9.67. The summed E-state index contributed by atoms with van der Waals surface area (Å²) in [5.74, 6) is 0. The van der Waals surface area contributed by atoms with Crippen molar-refractivity contribution < 1.29 is 9.53 Å². The van der Waals surface area contributed by atoms with E-state index >= 15 is 0 Å². The standard InChI is InChI=1S/C7H12N4O2/c1-11-5-3-6(13-7(11)12)2-4-9-10-8/h6H,2-5H2,1H3. The summed E-state index contributed by atoms with van der Waals surface area (Å²) in [7, 11) is 1.70. The van der Waals surface area contributed by atoms with E-state index in [-0.39, 0.29) is 12.2 Å². The lowest BCUT2D eigenvalue weighted by Crippen LogP contribution is -2.39. The SMILES string of the molecule is CN1CCC(CCN=[N+]=[N-])OC1=O. The number of carbonyl (C=O) groups is 1. The molecule has 1 atom stereocenters. The van der Waals surface area contributed by atoms with Crippen LogP contribution < -0.4 is 0 Å². The average Bonchev–Trinajstić information content (AvgIpc) is 2.12. The molecule has 0 aromatic carbocycles. The molecular formula is C7H12N4O2. The van der Waals surface area contributed by atoms with Crippen LogP contribution in [0.5, 0.6) is 0 Å². The van der Waals surface area contributed by atoms with E-state index in [1.54, 1.807) is 7.05 Å². The maximum Gasteiger partial charge on any atom is 0.409 e. The molecule has 1 heterocycles. The number of cyclic esters (lactones) is 1. The first-order valence-corrected chi connectivity index (χ1v) is 4.16. The topological polar surface area (TPSA) is 78.3 Å². The van der Waals surface area contributed by atoms with E-state index in [0.29, 0.717) is 19.5 Å². The predicted octanol–water partition coefficient (Wildman–Crippen LogP) is 1.53. The van der Waals surface area contributed by atoms with Crippen LogP contribution in [-0.2, 0) is 4.74 Å². The maximum absolute atomic E-state index is 11.0. The summed E-state index contributed by atoms with van der Waals surface area (Å²) in [4.78, 5) is 15.2. The van der Waals surface area contributed by atoms with E-state index in [0.717, 1.165) is 6.42 Å². The highest BCUT2D eigenvalue weighted by molar-refractivity contribution is 5.68. The molecule has 0 saturated carbocycles. The first-order valence-electron chi connectivity index (χ1n) is 4.16. The fourth-order valence-corrected chi connectivity index (χ4v) is 1.17. The van der Waals surface area contributed by atoms with Crippen LogP contribution in [0.4, 0.5) is 4.79 Å². The van der Waals surface area contributed by atoms with Crippen molar-refractivity contribution in [3.63, 3.8) is 0 Å². The molecular weight excluding hydrogens is 172 g/mol. The molecule has 72 valence electrons. The zero-order chi connectivity index (χ0) is 9.68. The molecule has 0 aromatic heterocycles. The highest BCUT2D eigenvalue weighted by Gasteiger charge is 2.23. The maximum atomic E-state index is 11.0. The second kappa shape index (κ2) is 4.57. The molecule has 1 aliphatic heterocycles. The Morgan fingerprint density at radius 1 is 1.85 bits per heavy atom. The van der Waals surface area contributed by atoms with Gasteiger partial charge < -0.3 is 9.64 Å². The lowest BCUT2D eigenvalue weighted by molar-refractivity contribution is 0.0306. The molecule has 13 heavy (non-hydrogen) atoms. The van der Waals surface area contributed by atoms with Crippen molar-refractivity contribution >= 4 is 6.09 Å². The van der Waals surface area contributed by atoms with Crippen LogP contribution in [0.1, 0.15) is 12.8 Å². The Bertz CT molecular complexity index is 237. The number of hydrogen-bond acceptors (Lipinski definition) is 3. The van der Waals surface area contributed by atoms with E-state index in [4.69, 9.17) is 10.3 Å². The molecule has 0 aromatic rings. The molecule has 0 N–H and O–H groups in total. The van der Waals surface area contributed by atoms with Gasteiger partial charge in [0.15, 0.2) is 0 Å². The summed E-state index contributed by atoms with van der Waals surface area (Å²) < 4.78 is 5.05. The largest absolute Gasteiger partial charge is 0.446 e. The van der Waals surface area contributed by atoms with E-state index < -0.39 is 0 Å². The summed E-state index contributed by atoms with van der Waals surface area (Å²) in [6, 6.07) is 0. The molecule has 1 saturated heterocycles. The van der Waals surface area contributed by atoms with Gasteiger partial charge in [-0.2, -0.15) is 0 Å². The van der Waals surface area contributed by atoms with Gasteiger partial charge in [0, 0.05) is 31.5 Å². The summed E-state index contributed by atoms with van der Waals surface area (Å²) in [6.07, 6.45) is 1.04. The number of rotatable bonds is 3. The minimum absolute atomic E-state index is 0.0887. The van der Waals surface area contributed by atoms with Crippen molar-refractivity contribution in [1.29, 1.82) is 0 Å². The lowest BCUT2D eigenvalue weighted by atomic mass is 10.1. The Morgan fingerprint density at radius 2 is 2.62 bits per heavy atom. The lowest BCUT2D eigenvalue weighted by Gasteiger charge is -2.28. The van der Waals surface area contributed by atoms with Gasteiger partial charge in [-0.3, -0.25) is 0 Å². The molecule has 6 nitrogen and oxygen atoms in total. The van der Waals surface area contributed by atoms with Gasteiger partial charge in [0.05, 0.1) is 0 Å². The third kappa shape index (κ3) is 2.83. The highest BCUT2D eigenvalue weighted by atomic mass is 16.6. The molecule has 1 aliphatic rings. The number of hydrogen-bond donors (Lipinski definition) is 0. The zero-order valence-electron chi connectivity index (χ0n) is 7.51. The van der Waals surface area contributed by atoms with Crippen molar-refractivity contribution in [2.45, 2.75) is 18.9 Å². The van der Waals surface area contributed by atoms with E-state index in [2.05, 4.69) is 10.0 Å². The summed E-state index contributed by atoms with van der Waals surface area (Å²) in [5.41, 5.74) is 8.03. The fraction of sp³-hybridized carbons (Fsp3) is 0.857. The molecule has 0 spiro atoms. The molecule has 1 amide bonds. The van der Waals surface area contributed by atoms with Crippen molar-refractivity contribution in [1.82, 2.24) is 4.90 Å². The van der Waals surface area contributed by atoms with Crippen LogP contribution in [0.2, 0.25) is 0 Å². The van der Waals surface area contributed by atoms with Crippen LogP contribution in [-0.4, -0.2) is 37.2 Å². The van der Waals surface area contributed by atoms with Gasteiger partial charge >= 0.3 is 6.09 Å². The van der Waals surface area contributed by atoms with Gasteiger partial charge in [-0.15, -0.1) is 0 Å². The third-order valence-electron chi connectivity index (χ3n) is 1.98. The molecule has 1 rings (SSSR count). The van der Waals surface area contributed by atoms with Crippen LogP contribution in [0.3, 0.4) is 0 Å². The summed E-state index contributed by atoms with van der Waals surface area (Å²) >= 11 is 0. The minimum Gasteiger partial charge on any atom is -0.446 e. The molecule has 0 radical (unpaired) electrons. The first-order chi connectivity index (χ1) is 6.24. The minimum atomic E-state index is -0.294. The van der Waals surface area contributed by atoms with Gasteiger partial charge in [-0.25, -0.2) is 4.79 Å². The monoisotopic (exact) mass is 184 g/mol. The van der Waals surface area contributed by atoms with Gasteiger partial charge in [-0.1, -0.05) is 5.11 Å². The quantitative estimate of drug-likeness (QED) is 0.378. The van der Waals surface area contributed by atoms with Gasteiger partial charge in [0.2, 0.25) is 0 Å². The van der Waals surface area contributed by atoms with Crippen LogP contribution in [0, 0.1) is 0 Å². The smallest absolute Gasteiger partial charge is 0.409 e. The highest BCUT2D eigenvalue weighted by Crippen LogP contribution is 2.13. The van der Waals surface area contributed by atoms with Gasteiger partial charge in [-0.05, 0) is 12.0 Å². The molecule has 0 bridgehead atoms. The van der Waals surface area contributed by atoms with Crippen LogP contribution >= 0.6 is 0 Å². The Balaban J connectivity index is 2.29. The second-order valence-electron chi connectivity index (χ2n) is 2.96. The number of nitrogens with zero attached hydrogens (tertiary/aromatic N) is 4. The zero-order valence-corrected chi connectivity index (χ0v) is 7.51. The molecule has 1 unspecified atom stereocenters. The molecule has 1 fully saturated rings. The average molecular weight is 184 g/mol. The van der Waals surface area contributed by atoms with Crippen molar-refractivity contribution in [2.75, 3.05) is 20.1 Å².